The average molecular weight is 425 g/mol. The first kappa shape index (κ1) is 20.6. The van der Waals surface area contributed by atoms with E-state index in [-0.39, 0.29) is 17.2 Å². The molecule has 1 aliphatic heterocycles. The third-order valence-electron chi connectivity index (χ3n) is 4.39. The van der Waals surface area contributed by atoms with Gasteiger partial charge >= 0.3 is 0 Å². The van der Waals surface area contributed by atoms with Crippen LogP contribution in [0.4, 0.5) is 5.69 Å². The minimum atomic E-state index is -3.57. The third kappa shape index (κ3) is 4.64. The van der Waals surface area contributed by atoms with Gasteiger partial charge in [0.1, 0.15) is 5.75 Å². The van der Waals surface area contributed by atoms with E-state index in [1.807, 2.05) is 0 Å². The first-order valence-corrected chi connectivity index (χ1v) is 10.5. The molecule has 0 spiro atoms. The van der Waals surface area contributed by atoms with Crippen molar-refractivity contribution in [2.75, 3.05) is 45.3 Å². The van der Waals surface area contributed by atoms with E-state index in [0.717, 1.165) is 0 Å². The van der Waals surface area contributed by atoms with Crippen molar-refractivity contribution in [3.05, 3.63) is 53.1 Å². The number of morpholine rings is 1. The molecule has 0 amide bonds. The molecule has 1 saturated heterocycles. The molecule has 150 valence electrons. The zero-order valence-electron chi connectivity index (χ0n) is 15.4. The number of benzene rings is 2. The molecule has 9 heteroatoms. The van der Waals surface area contributed by atoms with Crippen LogP contribution in [0, 0.1) is 0 Å². The first-order valence-electron chi connectivity index (χ1n) is 8.70. The Morgan fingerprint density at radius 2 is 1.86 bits per heavy atom. The smallest absolute Gasteiger partial charge is 0.243 e. The van der Waals surface area contributed by atoms with Crippen molar-refractivity contribution >= 4 is 33.1 Å². The van der Waals surface area contributed by atoms with Gasteiger partial charge in [-0.05, 0) is 42.5 Å². The lowest BCUT2D eigenvalue weighted by Crippen LogP contribution is -2.40. The van der Waals surface area contributed by atoms with Gasteiger partial charge in [-0.15, -0.1) is 0 Å². The molecule has 1 N–H and O–H groups in total. The summed E-state index contributed by atoms with van der Waals surface area (Å²) in [5.74, 6) is 0.387. The minimum absolute atomic E-state index is 0.0538. The van der Waals surface area contributed by atoms with Crippen LogP contribution in [0.3, 0.4) is 0 Å². The van der Waals surface area contributed by atoms with Gasteiger partial charge in [-0.1, -0.05) is 11.6 Å². The second-order valence-electron chi connectivity index (χ2n) is 6.17. The number of halogens is 1. The highest BCUT2D eigenvalue weighted by Crippen LogP contribution is 2.27. The quantitative estimate of drug-likeness (QED) is 0.688. The second-order valence-corrected chi connectivity index (χ2v) is 8.51. The molecule has 2 aromatic rings. The Kier molecular flexibility index (Phi) is 6.56. The van der Waals surface area contributed by atoms with E-state index in [2.05, 4.69) is 5.32 Å². The highest BCUT2D eigenvalue weighted by Gasteiger charge is 2.26. The largest absolute Gasteiger partial charge is 0.495 e. The maximum atomic E-state index is 12.6. The first-order chi connectivity index (χ1) is 13.4. The molecule has 0 atom stereocenters. The number of ketones is 1. The number of nitrogens with one attached hydrogen (secondary N) is 1. The van der Waals surface area contributed by atoms with Gasteiger partial charge in [0.2, 0.25) is 10.0 Å². The number of rotatable bonds is 7. The number of nitrogens with zero attached hydrogens (tertiary/aromatic N) is 1. The van der Waals surface area contributed by atoms with Crippen LogP contribution in [0.5, 0.6) is 5.75 Å². The van der Waals surface area contributed by atoms with Crippen LogP contribution in [-0.2, 0) is 14.8 Å². The lowest BCUT2D eigenvalue weighted by atomic mass is 10.1. The summed E-state index contributed by atoms with van der Waals surface area (Å²) in [7, 11) is -2.04. The van der Waals surface area contributed by atoms with Crippen molar-refractivity contribution in [2.45, 2.75) is 4.90 Å². The molecule has 0 saturated carbocycles. The van der Waals surface area contributed by atoms with Crippen LogP contribution in [0.25, 0.3) is 0 Å². The fraction of sp³-hybridized carbons (Fsp3) is 0.316. The molecule has 1 aliphatic rings. The number of sulfonamides is 1. The fourth-order valence-electron chi connectivity index (χ4n) is 2.81. The Morgan fingerprint density at radius 3 is 2.46 bits per heavy atom. The molecule has 28 heavy (non-hydrogen) atoms. The molecular formula is C19H21ClN2O5S. The van der Waals surface area contributed by atoms with E-state index in [0.29, 0.717) is 48.3 Å². The Bertz CT molecular complexity index is 941. The number of methoxy groups -OCH3 is 1. The summed E-state index contributed by atoms with van der Waals surface area (Å²) >= 11 is 6.07. The molecular weight excluding hydrogens is 404 g/mol. The monoisotopic (exact) mass is 424 g/mol. The van der Waals surface area contributed by atoms with Gasteiger partial charge in [0.05, 0.1) is 36.8 Å². The molecule has 2 aromatic carbocycles. The van der Waals surface area contributed by atoms with Crippen LogP contribution in [-0.4, -0.2) is 58.5 Å². The van der Waals surface area contributed by atoms with Crippen molar-refractivity contribution < 1.29 is 22.7 Å². The van der Waals surface area contributed by atoms with Gasteiger partial charge in [0, 0.05) is 24.3 Å². The highest BCUT2D eigenvalue weighted by molar-refractivity contribution is 7.89. The summed E-state index contributed by atoms with van der Waals surface area (Å²) in [5, 5.41) is 3.44. The number of anilines is 1. The molecule has 0 unspecified atom stereocenters. The van der Waals surface area contributed by atoms with Gasteiger partial charge in [-0.3, -0.25) is 4.79 Å². The van der Waals surface area contributed by atoms with Crippen molar-refractivity contribution in [1.82, 2.24) is 4.31 Å². The molecule has 3 rings (SSSR count). The standard InChI is InChI=1S/C19H21ClN2O5S/c1-26-19-7-4-15(12-17(19)20)21-13-18(23)14-2-5-16(6-3-14)28(24,25)22-8-10-27-11-9-22/h2-7,12,21H,8-11,13H2,1H3. The molecule has 0 aliphatic carbocycles. The van der Waals surface area contributed by atoms with E-state index in [9.17, 15) is 13.2 Å². The maximum Gasteiger partial charge on any atom is 0.243 e. The maximum absolute atomic E-state index is 12.6. The zero-order valence-corrected chi connectivity index (χ0v) is 16.9. The Hall–Kier alpha value is -2.13. The van der Waals surface area contributed by atoms with E-state index in [1.165, 1.54) is 35.7 Å². The van der Waals surface area contributed by atoms with Crippen molar-refractivity contribution in [2.24, 2.45) is 0 Å². The van der Waals surface area contributed by atoms with Gasteiger partial charge in [0.15, 0.2) is 5.78 Å². The van der Waals surface area contributed by atoms with Gasteiger partial charge < -0.3 is 14.8 Å². The second kappa shape index (κ2) is 8.91. The van der Waals surface area contributed by atoms with Gasteiger partial charge in [0.25, 0.3) is 0 Å². The molecule has 7 nitrogen and oxygen atoms in total. The van der Waals surface area contributed by atoms with Crippen LogP contribution < -0.4 is 10.1 Å². The molecule has 1 heterocycles. The van der Waals surface area contributed by atoms with Crippen molar-refractivity contribution in [3.8, 4) is 5.75 Å². The number of Topliss-reactive ketones (excluding diaryl/α,β-unsaturated/α-hetero) is 1. The number of hydrogen-bond donors (Lipinski definition) is 1. The fourth-order valence-corrected chi connectivity index (χ4v) is 4.48. The summed E-state index contributed by atoms with van der Waals surface area (Å²) in [6.45, 7) is 1.49. The molecule has 0 aromatic heterocycles. The number of hydrogen-bond acceptors (Lipinski definition) is 6. The van der Waals surface area contributed by atoms with Crippen LogP contribution in [0.2, 0.25) is 5.02 Å². The molecule has 0 radical (unpaired) electrons. The summed E-state index contributed by atoms with van der Waals surface area (Å²) in [5.41, 5.74) is 1.11. The Morgan fingerprint density at radius 1 is 1.18 bits per heavy atom. The molecule has 0 bridgehead atoms. The van der Waals surface area contributed by atoms with Crippen LogP contribution in [0.1, 0.15) is 10.4 Å². The lowest BCUT2D eigenvalue weighted by molar-refractivity contribution is 0.0730. The topological polar surface area (TPSA) is 84.9 Å². The Balaban J connectivity index is 1.64. The van der Waals surface area contributed by atoms with Crippen LogP contribution in [0.15, 0.2) is 47.4 Å². The van der Waals surface area contributed by atoms with E-state index >= 15 is 0 Å². The normalized spacial score (nSPS) is 15.2. The SMILES string of the molecule is COc1ccc(NCC(=O)c2ccc(S(=O)(=O)N3CCOCC3)cc2)cc1Cl. The summed E-state index contributed by atoms with van der Waals surface area (Å²) in [6, 6.07) is 11.1. The summed E-state index contributed by atoms with van der Waals surface area (Å²) < 4.78 is 36.9. The van der Waals surface area contributed by atoms with Crippen molar-refractivity contribution in [3.63, 3.8) is 0 Å². The van der Waals surface area contributed by atoms with E-state index in [1.54, 1.807) is 18.2 Å². The third-order valence-corrected chi connectivity index (χ3v) is 6.60. The van der Waals surface area contributed by atoms with Gasteiger partial charge in [-0.25, -0.2) is 8.42 Å². The Labute approximate surface area is 169 Å². The number of ether oxygens (including phenoxy) is 2. The lowest BCUT2D eigenvalue weighted by Gasteiger charge is -2.26. The average Bonchev–Trinajstić information content (AvgIpc) is 2.73. The number of carbonyl (C=O) groups excluding carboxylic acids is 1. The zero-order chi connectivity index (χ0) is 20.1. The van der Waals surface area contributed by atoms with E-state index < -0.39 is 10.0 Å². The minimum Gasteiger partial charge on any atom is -0.495 e. The summed E-state index contributed by atoms with van der Waals surface area (Å²) in [4.78, 5) is 12.6. The predicted molar refractivity (Wildman–Crippen MR) is 107 cm³/mol. The van der Waals surface area contributed by atoms with Crippen LogP contribution >= 0.6 is 11.6 Å². The predicted octanol–water partition coefficient (Wildman–Crippen LogP) is 2.66. The number of carbonyl (C=O) groups is 1. The van der Waals surface area contributed by atoms with E-state index in [4.69, 9.17) is 21.1 Å². The molecule has 1 fully saturated rings. The van der Waals surface area contributed by atoms with Gasteiger partial charge in [-0.2, -0.15) is 4.31 Å². The van der Waals surface area contributed by atoms with Crippen molar-refractivity contribution in [1.29, 1.82) is 0 Å². The highest BCUT2D eigenvalue weighted by atomic mass is 35.5. The summed E-state index contributed by atoms with van der Waals surface area (Å²) in [6.07, 6.45) is 0.